The van der Waals surface area contributed by atoms with Gasteiger partial charge in [0.25, 0.3) is 0 Å². The molecule has 3 unspecified atom stereocenters. The Morgan fingerprint density at radius 1 is 0.977 bits per heavy atom. The summed E-state index contributed by atoms with van der Waals surface area (Å²) in [5.41, 5.74) is 2.93. The van der Waals surface area contributed by atoms with E-state index in [0.29, 0.717) is 53.5 Å². The molecule has 44 heavy (non-hydrogen) atoms. The molecule has 0 radical (unpaired) electrons. The predicted molar refractivity (Wildman–Crippen MR) is 172 cm³/mol. The van der Waals surface area contributed by atoms with Gasteiger partial charge in [-0.2, -0.15) is 0 Å². The number of nitrogens with zero attached hydrogens (tertiary/aromatic N) is 1. The maximum atomic E-state index is 13.9. The number of hydrogen-bond donors (Lipinski definition) is 1. The molecule has 3 aromatic carbocycles. The van der Waals surface area contributed by atoms with E-state index in [1.54, 1.807) is 18.9 Å². The molecule has 0 aromatic heterocycles. The average Bonchev–Trinajstić information content (AvgIpc) is 2.96. The first kappa shape index (κ1) is 30.9. The van der Waals surface area contributed by atoms with E-state index < -0.39 is 21.5 Å². The molecule has 3 aliphatic heterocycles. The molecule has 0 saturated carbocycles. The van der Waals surface area contributed by atoms with Crippen LogP contribution in [0.1, 0.15) is 81.2 Å². The van der Waals surface area contributed by atoms with Crippen molar-refractivity contribution in [2.24, 2.45) is 5.92 Å². The minimum Gasteiger partial charge on any atom is -0.493 e. The second-order valence-corrected chi connectivity index (χ2v) is 15.8. The van der Waals surface area contributed by atoms with Crippen molar-refractivity contribution in [3.63, 3.8) is 0 Å². The van der Waals surface area contributed by atoms with Crippen LogP contribution in [-0.4, -0.2) is 43.1 Å². The van der Waals surface area contributed by atoms with E-state index in [4.69, 9.17) is 21.1 Å². The quantitative estimate of drug-likeness (QED) is 0.307. The Morgan fingerprint density at radius 3 is 2.20 bits per heavy atom. The Morgan fingerprint density at radius 2 is 1.61 bits per heavy atom. The van der Waals surface area contributed by atoms with E-state index in [0.717, 1.165) is 23.1 Å². The van der Waals surface area contributed by atoms with Crippen LogP contribution in [-0.2, 0) is 26.7 Å². The Bertz CT molecular complexity index is 1630. The molecular formula is C35H40ClNO6S. The minimum atomic E-state index is -3.12. The molecule has 7 nitrogen and oxygen atoms in total. The van der Waals surface area contributed by atoms with E-state index in [9.17, 15) is 18.3 Å². The van der Waals surface area contributed by atoms with Crippen LogP contribution in [0, 0.1) is 5.92 Å². The second-order valence-electron chi connectivity index (χ2n) is 12.9. The molecule has 3 aliphatic rings. The van der Waals surface area contributed by atoms with Crippen molar-refractivity contribution in [1.29, 1.82) is 0 Å². The van der Waals surface area contributed by atoms with Crippen molar-refractivity contribution in [2.45, 2.75) is 87.5 Å². The van der Waals surface area contributed by atoms with Crippen LogP contribution < -0.4 is 14.4 Å². The van der Waals surface area contributed by atoms with Crippen molar-refractivity contribution in [2.75, 3.05) is 12.0 Å². The van der Waals surface area contributed by atoms with Crippen LogP contribution in [0.2, 0.25) is 5.02 Å². The number of halogens is 1. The highest BCUT2D eigenvalue weighted by molar-refractivity contribution is 7.92. The minimum absolute atomic E-state index is 0.0677. The van der Waals surface area contributed by atoms with Gasteiger partial charge in [0.05, 0.1) is 41.8 Å². The van der Waals surface area contributed by atoms with Crippen molar-refractivity contribution < 1.29 is 27.8 Å². The third-order valence-corrected chi connectivity index (χ3v) is 12.7. The van der Waals surface area contributed by atoms with Crippen molar-refractivity contribution in [1.82, 2.24) is 0 Å². The zero-order valence-corrected chi connectivity index (χ0v) is 27.2. The SMILES string of the molecule is COc1cc2c(cc1OC(C)C)[C@H](c1ccc(Cl)cc1)N(c1ccc(C(C)(O)C3CC4CCCC(C3)S4(=O)=O)cc1)C(=O)C2. The number of benzene rings is 3. The number of aliphatic hydroxyl groups is 1. The number of anilines is 1. The summed E-state index contributed by atoms with van der Waals surface area (Å²) < 4.78 is 37.5. The Kier molecular flexibility index (Phi) is 8.22. The van der Waals surface area contributed by atoms with Crippen molar-refractivity contribution >= 4 is 33.0 Å². The number of amides is 1. The summed E-state index contributed by atoms with van der Waals surface area (Å²) in [6.07, 6.45) is 3.33. The molecule has 9 heteroatoms. The summed E-state index contributed by atoms with van der Waals surface area (Å²) in [6, 6.07) is 18.4. The van der Waals surface area contributed by atoms with Crippen LogP contribution in [0.4, 0.5) is 5.69 Å². The summed E-state index contributed by atoms with van der Waals surface area (Å²) >= 11 is 6.25. The van der Waals surface area contributed by atoms with Crippen LogP contribution in [0.3, 0.4) is 0 Å². The van der Waals surface area contributed by atoms with Gasteiger partial charge in [-0.1, -0.05) is 42.3 Å². The molecule has 4 atom stereocenters. The lowest BCUT2D eigenvalue weighted by Crippen LogP contribution is -2.48. The van der Waals surface area contributed by atoms with Gasteiger partial charge in [0.2, 0.25) is 5.91 Å². The maximum absolute atomic E-state index is 13.9. The molecule has 0 aliphatic carbocycles. The van der Waals surface area contributed by atoms with Crippen LogP contribution >= 0.6 is 11.6 Å². The van der Waals surface area contributed by atoms with Gasteiger partial charge >= 0.3 is 0 Å². The average molecular weight is 638 g/mol. The van der Waals surface area contributed by atoms with E-state index in [2.05, 4.69) is 0 Å². The summed E-state index contributed by atoms with van der Waals surface area (Å²) in [6.45, 7) is 5.71. The number of fused-ring (bicyclic) bond motifs is 3. The number of hydrogen-bond acceptors (Lipinski definition) is 6. The maximum Gasteiger partial charge on any atom is 0.232 e. The molecule has 0 spiro atoms. The summed E-state index contributed by atoms with van der Waals surface area (Å²) in [5, 5.41) is 11.7. The number of rotatable bonds is 7. The highest BCUT2D eigenvalue weighted by atomic mass is 35.5. The van der Waals surface area contributed by atoms with Gasteiger partial charge in [-0.3, -0.25) is 4.79 Å². The first-order chi connectivity index (χ1) is 20.9. The monoisotopic (exact) mass is 637 g/mol. The first-order valence-corrected chi connectivity index (χ1v) is 17.4. The van der Waals surface area contributed by atoms with Gasteiger partial charge in [-0.25, -0.2) is 8.42 Å². The highest BCUT2D eigenvalue weighted by Gasteiger charge is 2.49. The fourth-order valence-electron chi connectivity index (χ4n) is 7.39. The molecule has 2 fully saturated rings. The fraction of sp³-hybridized carbons (Fsp3) is 0.457. The Labute approximate surface area is 265 Å². The lowest BCUT2D eigenvalue weighted by molar-refractivity contribution is -0.118. The number of carbonyl (C=O) groups is 1. The fourth-order valence-corrected chi connectivity index (χ4v) is 10.1. The second kappa shape index (κ2) is 11.7. The summed E-state index contributed by atoms with van der Waals surface area (Å²) in [4.78, 5) is 15.7. The molecular weight excluding hydrogens is 598 g/mol. The van der Waals surface area contributed by atoms with Crippen LogP contribution in [0.15, 0.2) is 60.7 Å². The molecule has 2 saturated heterocycles. The Balaban J connectivity index is 1.37. The first-order valence-electron chi connectivity index (χ1n) is 15.4. The lowest BCUT2D eigenvalue weighted by atomic mass is 9.75. The van der Waals surface area contributed by atoms with Gasteiger partial charge in [-0.05, 0) is 111 Å². The van der Waals surface area contributed by atoms with Gasteiger partial charge in [0.15, 0.2) is 21.3 Å². The van der Waals surface area contributed by atoms with Crippen molar-refractivity contribution in [3.8, 4) is 11.5 Å². The highest BCUT2D eigenvalue weighted by Crippen LogP contribution is 2.48. The number of sulfone groups is 1. The van der Waals surface area contributed by atoms with E-state index in [1.165, 1.54) is 0 Å². The smallest absolute Gasteiger partial charge is 0.232 e. The molecule has 234 valence electrons. The van der Waals surface area contributed by atoms with Crippen molar-refractivity contribution in [3.05, 3.63) is 87.9 Å². The number of methoxy groups -OCH3 is 1. The standard InChI is InChI=1S/C35H40ClNO6S/c1-21(2)43-32-20-30-23(16-31(32)42-4)17-33(38)37(34(30)22-8-12-26(36)13-9-22)27-14-10-24(11-15-27)35(3,39)25-18-28-6-5-7-29(19-25)44(28,40)41/h8-16,20-21,25,28-29,34,39H,5-7,17-19H2,1-4H3/t25?,28?,29?,34-,35?/m0/s1. The van der Waals surface area contributed by atoms with E-state index in [-0.39, 0.29) is 34.8 Å². The molecule has 2 bridgehead atoms. The normalized spacial score (nSPS) is 25.7. The lowest BCUT2D eigenvalue weighted by Gasteiger charge is -2.44. The molecule has 3 aromatic rings. The number of carbonyl (C=O) groups excluding carboxylic acids is 1. The van der Waals surface area contributed by atoms with Gasteiger partial charge < -0.3 is 19.5 Å². The Hall–Kier alpha value is -3.07. The molecule has 3 heterocycles. The van der Waals surface area contributed by atoms with Crippen LogP contribution in [0.5, 0.6) is 11.5 Å². The predicted octanol–water partition coefficient (Wildman–Crippen LogP) is 6.77. The summed E-state index contributed by atoms with van der Waals surface area (Å²) in [5.74, 6) is 0.966. The third kappa shape index (κ3) is 5.50. The van der Waals surface area contributed by atoms with Gasteiger partial charge in [-0.15, -0.1) is 0 Å². The zero-order valence-electron chi connectivity index (χ0n) is 25.6. The van der Waals surface area contributed by atoms with Gasteiger partial charge in [0, 0.05) is 10.7 Å². The van der Waals surface area contributed by atoms with Gasteiger partial charge in [0.1, 0.15) is 0 Å². The molecule has 1 N–H and O–H groups in total. The zero-order chi connectivity index (χ0) is 31.4. The number of ether oxygens (including phenoxy) is 2. The third-order valence-electron chi connectivity index (χ3n) is 9.74. The van der Waals surface area contributed by atoms with E-state index >= 15 is 0 Å². The molecule has 6 rings (SSSR count). The van der Waals surface area contributed by atoms with E-state index in [1.807, 2.05) is 74.5 Å². The largest absolute Gasteiger partial charge is 0.493 e. The molecule has 1 amide bonds. The topological polar surface area (TPSA) is 93.1 Å². The van der Waals surface area contributed by atoms with Crippen LogP contribution in [0.25, 0.3) is 0 Å². The summed E-state index contributed by atoms with van der Waals surface area (Å²) in [7, 11) is -1.53.